The smallest absolute Gasteiger partial charge is 0.336 e. The number of benzene rings is 2. The van der Waals surface area contributed by atoms with Gasteiger partial charge in [0.05, 0.1) is 13.5 Å². The summed E-state index contributed by atoms with van der Waals surface area (Å²) in [7, 11) is 1.59. The molecule has 4 aromatic rings. The SMILES string of the molecule is COc1ccc(-c2noc(CCC(=O)Oc3ccc4ccc(=O)oc4c3)n2)cc1. The van der Waals surface area contributed by atoms with Gasteiger partial charge in [-0.1, -0.05) is 5.16 Å². The van der Waals surface area contributed by atoms with Gasteiger partial charge < -0.3 is 18.4 Å². The van der Waals surface area contributed by atoms with Crippen LogP contribution in [-0.4, -0.2) is 23.2 Å². The van der Waals surface area contributed by atoms with Crippen LogP contribution in [0.5, 0.6) is 11.5 Å². The molecule has 0 spiro atoms. The van der Waals surface area contributed by atoms with Crippen molar-refractivity contribution in [3.63, 3.8) is 0 Å². The molecule has 0 aliphatic rings. The minimum absolute atomic E-state index is 0.0566. The molecule has 0 fully saturated rings. The topological polar surface area (TPSA) is 105 Å². The fourth-order valence-corrected chi connectivity index (χ4v) is 2.71. The molecule has 0 radical (unpaired) electrons. The van der Waals surface area contributed by atoms with Gasteiger partial charge in [-0.25, -0.2) is 4.79 Å². The van der Waals surface area contributed by atoms with E-state index >= 15 is 0 Å². The van der Waals surface area contributed by atoms with Crippen molar-refractivity contribution in [3.8, 4) is 22.9 Å². The number of ether oxygens (including phenoxy) is 2. The second-order valence-corrected chi connectivity index (χ2v) is 6.17. The second kappa shape index (κ2) is 7.97. The summed E-state index contributed by atoms with van der Waals surface area (Å²) in [6.45, 7) is 0. The first kappa shape index (κ1) is 18.4. The number of rotatable bonds is 6. The number of aryl methyl sites for hydroxylation is 1. The van der Waals surface area contributed by atoms with Gasteiger partial charge in [0.15, 0.2) is 0 Å². The molecule has 0 saturated carbocycles. The summed E-state index contributed by atoms with van der Waals surface area (Å²) in [4.78, 5) is 27.7. The van der Waals surface area contributed by atoms with E-state index in [9.17, 15) is 9.59 Å². The highest BCUT2D eigenvalue weighted by Crippen LogP contribution is 2.21. The minimum atomic E-state index is -0.468. The highest BCUT2D eigenvalue weighted by atomic mass is 16.5. The first-order valence-electron chi connectivity index (χ1n) is 8.82. The van der Waals surface area contributed by atoms with Crippen LogP contribution < -0.4 is 15.1 Å². The number of hydrogen-bond acceptors (Lipinski definition) is 8. The predicted molar refractivity (Wildman–Crippen MR) is 103 cm³/mol. The Hall–Kier alpha value is -3.94. The Morgan fingerprint density at radius 1 is 1.03 bits per heavy atom. The Bertz CT molecular complexity index is 1210. The molecule has 8 nitrogen and oxygen atoms in total. The third kappa shape index (κ3) is 4.32. The van der Waals surface area contributed by atoms with E-state index < -0.39 is 11.6 Å². The molecule has 0 saturated heterocycles. The lowest BCUT2D eigenvalue weighted by Gasteiger charge is -2.04. The Labute approximate surface area is 164 Å². The number of carbonyl (C=O) groups excluding carboxylic acids is 1. The van der Waals surface area contributed by atoms with Crippen molar-refractivity contribution < 1.29 is 23.2 Å². The summed E-state index contributed by atoms with van der Waals surface area (Å²) in [5.41, 5.74) is 0.662. The summed E-state index contributed by atoms with van der Waals surface area (Å²) < 4.78 is 20.7. The largest absolute Gasteiger partial charge is 0.497 e. The van der Waals surface area contributed by atoms with Gasteiger partial charge >= 0.3 is 11.6 Å². The Morgan fingerprint density at radius 2 is 1.79 bits per heavy atom. The zero-order valence-corrected chi connectivity index (χ0v) is 15.5. The third-order valence-electron chi connectivity index (χ3n) is 4.19. The van der Waals surface area contributed by atoms with Gasteiger partial charge in [0, 0.05) is 29.5 Å². The number of nitrogens with zero attached hydrogens (tertiary/aromatic N) is 2. The molecular weight excluding hydrogens is 376 g/mol. The molecule has 2 aromatic heterocycles. The number of esters is 1. The molecule has 0 N–H and O–H groups in total. The van der Waals surface area contributed by atoms with Crippen LogP contribution >= 0.6 is 0 Å². The molecule has 2 heterocycles. The zero-order valence-electron chi connectivity index (χ0n) is 15.5. The van der Waals surface area contributed by atoms with Gasteiger partial charge in [-0.2, -0.15) is 4.98 Å². The highest BCUT2D eigenvalue weighted by molar-refractivity contribution is 5.79. The van der Waals surface area contributed by atoms with E-state index in [2.05, 4.69) is 10.1 Å². The standard InChI is InChI=1S/C21H16N2O6/c1-26-15-6-3-14(4-7-15)21-22-18(29-23-21)9-11-19(24)27-16-8-2-13-5-10-20(25)28-17(13)12-16/h2-8,10,12H,9,11H2,1H3. The van der Waals surface area contributed by atoms with Crippen molar-refractivity contribution >= 4 is 16.9 Å². The van der Waals surface area contributed by atoms with E-state index in [1.165, 1.54) is 12.1 Å². The quantitative estimate of drug-likeness (QED) is 0.279. The molecule has 29 heavy (non-hydrogen) atoms. The van der Waals surface area contributed by atoms with Crippen LogP contribution in [0.25, 0.3) is 22.4 Å². The second-order valence-electron chi connectivity index (χ2n) is 6.17. The van der Waals surface area contributed by atoms with Crippen molar-refractivity contribution in [1.82, 2.24) is 10.1 Å². The van der Waals surface area contributed by atoms with Crippen LogP contribution in [0.4, 0.5) is 0 Å². The van der Waals surface area contributed by atoms with Crippen LogP contribution in [0.3, 0.4) is 0 Å². The van der Waals surface area contributed by atoms with Gasteiger partial charge in [-0.15, -0.1) is 0 Å². The average molecular weight is 392 g/mol. The fourth-order valence-electron chi connectivity index (χ4n) is 2.71. The maximum absolute atomic E-state index is 12.1. The number of carbonyl (C=O) groups is 1. The van der Waals surface area contributed by atoms with Gasteiger partial charge in [-0.3, -0.25) is 4.79 Å². The lowest BCUT2D eigenvalue weighted by Crippen LogP contribution is -2.09. The van der Waals surface area contributed by atoms with E-state index in [1.54, 1.807) is 37.4 Å². The number of fused-ring (bicyclic) bond motifs is 1. The molecule has 4 rings (SSSR count). The zero-order chi connectivity index (χ0) is 20.2. The van der Waals surface area contributed by atoms with Crippen LogP contribution in [0.15, 0.2) is 68.3 Å². The molecule has 0 amide bonds. The molecule has 0 aliphatic carbocycles. The maximum atomic E-state index is 12.1. The number of aromatic nitrogens is 2. The fraction of sp³-hybridized carbons (Fsp3) is 0.143. The Balaban J connectivity index is 1.37. The molecule has 0 unspecified atom stereocenters. The van der Waals surface area contributed by atoms with E-state index in [1.807, 2.05) is 12.1 Å². The van der Waals surface area contributed by atoms with Gasteiger partial charge in [-0.05, 0) is 42.5 Å². The third-order valence-corrected chi connectivity index (χ3v) is 4.19. The van der Waals surface area contributed by atoms with Crippen molar-refractivity contribution in [3.05, 3.63) is 70.9 Å². The normalized spacial score (nSPS) is 10.8. The van der Waals surface area contributed by atoms with Crippen LogP contribution in [0.1, 0.15) is 12.3 Å². The lowest BCUT2D eigenvalue weighted by molar-refractivity contribution is -0.134. The summed E-state index contributed by atoms with van der Waals surface area (Å²) in [5, 5.41) is 4.66. The lowest BCUT2D eigenvalue weighted by atomic mass is 10.2. The van der Waals surface area contributed by atoms with E-state index in [0.717, 1.165) is 16.7 Å². The van der Waals surface area contributed by atoms with Crippen LogP contribution in [0, 0.1) is 0 Å². The summed E-state index contributed by atoms with van der Waals surface area (Å²) in [6, 6.07) is 15.1. The minimum Gasteiger partial charge on any atom is -0.497 e. The maximum Gasteiger partial charge on any atom is 0.336 e. The molecule has 0 bridgehead atoms. The number of methoxy groups -OCH3 is 1. The molecule has 146 valence electrons. The molecule has 0 atom stereocenters. The monoisotopic (exact) mass is 392 g/mol. The van der Waals surface area contributed by atoms with Crippen LogP contribution in [0.2, 0.25) is 0 Å². The molecule has 0 aliphatic heterocycles. The summed E-state index contributed by atoms with van der Waals surface area (Å²) >= 11 is 0. The Kier molecular flexibility index (Phi) is 5.07. The van der Waals surface area contributed by atoms with Crippen molar-refractivity contribution in [2.24, 2.45) is 0 Å². The Morgan fingerprint density at radius 3 is 2.59 bits per heavy atom. The van der Waals surface area contributed by atoms with E-state index in [-0.39, 0.29) is 12.8 Å². The van der Waals surface area contributed by atoms with Crippen LogP contribution in [-0.2, 0) is 11.2 Å². The summed E-state index contributed by atoms with van der Waals surface area (Å²) in [6.07, 6.45) is 0.297. The van der Waals surface area contributed by atoms with E-state index in [0.29, 0.717) is 23.0 Å². The first-order valence-corrected chi connectivity index (χ1v) is 8.82. The first-order chi connectivity index (χ1) is 14.1. The summed E-state index contributed by atoms with van der Waals surface area (Å²) in [5.74, 6) is 1.32. The van der Waals surface area contributed by atoms with E-state index in [4.69, 9.17) is 18.4 Å². The average Bonchev–Trinajstić information content (AvgIpc) is 3.21. The molecular formula is C21H16N2O6. The predicted octanol–water partition coefficient (Wildman–Crippen LogP) is 3.39. The molecule has 8 heteroatoms. The number of hydrogen-bond donors (Lipinski definition) is 0. The van der Waals surface area contributed by atoms with Crippen molar-refractivity contribution in [2.45, 2.75) is 12.8 Å². The van der Waals surface area contributed by atoms with Crippen molar-refractivity contribution in [1.29, 1.82) is 0 Å². The van der Waals surface area contributed by atoms with Gasteiger partial charge in [0.1, 0.15) is 17.1 Å². The van der Waals surface area contributed by atoms with Crippen molar-refractivity contribution in [2.75, 3.05) is 7.11 Å². The highest BCUT2D eigenvalue weighted by Gasteiger charge is 2.13. The van der Waals surface area contributed by atoms with Gasteiger partial charge in [0.2, 0.25) is 11.7 Å². The molecule has 2 aromatic carbocycles. The van der Waals surface area contributed by atoms with Gasteiger partial charge in [0.25, 0.3) is 0 Å².